The van der Waals surface area contributed by atoms with Crippen LogP contribution in [0.3, 0.4) is 0 Å². The van der Waals surface area contributed by atoms with Gasteiger partial charge in [-0.2, -0.15) is 5.26 Å². The first-order valence-corrected chi connectivity index (χ1v) is 11.7. The molecule has 1 saturated carbocycles. The Morgan fingerprint density at radius 2 is 2.00 bits per heavy atom. The van der Waals surface area contributed by atoms with Crippen LogP contribution in [-0.4, -0.2) is 29.0 Å². The molecular weight excluding hydrogens is 418 g/mol. The summed E-state index contributed by atoms with van der Waals surface area (Å²) in [6.45, 7) is 5.65. The summed E-state index contributed by atoms with van der Waals surface area (Å²) < 4.78 is 20.1. The van der Waals surface area contributed by atoms with Gasteiger partial charge >= 0.3 is 0 Å². The van der Waals surface area contributed by atoms with Crippen LogP contribution >= 0.6 is 0 Å². The molecule has 33 heavy (non-hydrogen) atoms. The maximum Gasteiger partial charge on any atom is 0.266 e. The second-order valence-electron chi connectivity index (χ2n) is 9.18. The molecule has 1 N–H and O–H groups in total. The summed E-state index contributed by atoms with van der Waals surface area (Å²) in [4.78, 5) is 12.9. The maximum absolute atomic E-state index is 12.9. The number of aryl methyl sites for hydroxylation is 1. The third-order valence-electron chi connectivity index (χ3n) is 6.85. The Labute approximate surface area is 193 Å². The minimum absolute atomic E-state index is 0.0531. The summed E-state index contributed by atoms with van der Waals surface area (Å²) >= 11 is 0. The molecule has 2 fully saturated rings. The highest BCUT2D eigenvalue weighted by Crippen LogP contribution is 2.47. The van der Waals surface area contributed by atoms with Crippen molar-refractivity contribution in [2.45, 2.75) is 70.8 Å². The average Bonchev–Trinajstić information content (AvgIpc) is 3.58. The third kappa shape index (κ3) is 4.23. The number of hydrogen-bond acceptors (Lipinski definition) is 5. The van der Waals surface area contributed by atoms with E-state index in [-0.39, 0.29) is 11.7 Å². The zero-order valence-electron chi connectivity index (χ0n) is 19.1. The van der Waals surface area contributed by atoms with Gasteiger partial charge in [-0.25, -0.2) is 0 Å². The number of aromatic nitrogens is 1. The van der Waals surface area contributed by atoms with E-state index >= 15 is 0 Å². The second-order valence-corrected chi connectivity index (χ2v) is 9.18. The molecule has 1 aromatic carbocycles. The van der Waals surface area contributed by atoms with Crippen molar-refractivity contribution in [3.8, 4) is 17.6 Å². The van der Waals surface area contributed by atoms with Crippen molar-refractivity contribution in [1.29, 1.82) is 5.26 Å². The van der Waals surface area contributed by atoms with Crippen LogP contribution in [0.5, 0.6) is 11.5 Å². The fraction of sp³-hybridized carbons (Fsp3) is 0.462. The molecule has 172 valence electrons. The molecule has 1 aliphatic carbocycles. The zero-order valence-corrected chi connectivity index (χ0v) is 19.1. The van der Waals surface area contributed by atoms with Crippen LogP contribution in [0, 0.1) is 25.2 Å². The van der Waals surface area contributed by atoms with Crippen LogP contribution in [0.15, 0.2) is 29.8 Å². The topological polar surface area (TPSA) is 85.5 Å². The van der Waals surface area contributed by atoms with Crippen LogP contribution in [0.2, 0.25) is 0 Å². The molecule has 7 heteroatoms. The van der Waals surface area contributed by atoms with E-state index in [1.807, 2.05) is 26.0 Å². The molecule has 3 heterocycles. The van der Waals surface area contributed by atoms with E-state index in [0.29, 0.717) is 17.2 Å². The number of anilines is 1. The van der Waals surface area contributed by atoms with Crippen LogP contribution in [0.1, 0.15) is 55.5 Å². The number of amides is 1. The van der Waals surface area contributed by atoms with Gasteiger partial charge in [-0.1, -0.05) is 0 Å². The first-order valence-electron chi connectivity index (χ1n) is 11.7. The van der Waals surface area contributed by atoms with Crippen molar-refractivity contribution in [3.05, 3.63) is 46.8 Å². The number of nitriles is 1. The number of ether oxygens (including phenoxy) is 3. The monoisotopic (exact) mass is 447 g/mol. The first-order chi connectivity index (χ1) is 16.0. The molecular formula is C26H29N3O4. The van der Waals surface area contributed by atoms with E-state index in [1.54, 1.807) is 18.2 Å². The van der Waals surface area contributed by atoms with Crippen LogP contribution in [0.4, 0.5) is 5.69 Å². The number of rotatable bonds is 5. The Bertz CT molecular complexity index is 1150. The van der Waals surface area contributed by atoms with Gasteiger partial charge in [0, 0.05) is 49.1 Å². The number of nitrogens with one attached hydrogen (secondary N) is 1. The summed E-state index contributed by atoms with van der Waals surface area (Å²) in [7, 11) is 0. The number of fused-ring (bicyclic) bond motifs is 1. The van der Waals surface area contributed by atoms with Gasteiger partial charge in [-0.05, 0) is 69.4 Å². The van der Waals surface area contributed by atoms with E-state index in [0.717, 1.165) is 68.6 Å². The molecule has 1 aromatic heterocycles. The van der Waals surface area contributed by atoms with Crippen LogP contribution < -0.4 is 14.8 Å². The van der Waals surface area contributed by atoms with Gasteiger partial charge in [0.05, 0.1) is 6.10 Å². The lowest BCUT2D eigenvalue weighted by molar-refractivity contribution is -0.112. The Balaban J connectivity index is 1.31. The third-order valence-corrected chi connectivity index (χ3v) is 6.85. The van der Waals surface area contributed by atoms with Gasteiger partial charge in [-0.3, -0.25) is 4.79 Å². The average molecular weight is 448 g/mol. The second kappa shape index (κ2) is 8.60. The lowest BCUT2D eigenvalue weighted by atomic mass is 10.1. The summed E-state index contributed by atoms with van der Waals surface area (Å²) in [6.07, 6.45) is 7.95. The molecule has 0 radical (unpaired) electrons. The minimum atomic E-state index is -0.547. The summed E-state index contributed by atoms with van der Waals surface area (Å²) in [5.41, 5.74) is 3.60. The van der Waals surface area contributed by atoms with Crippen molar-refractivity contribution in [3.63, 3.8) is 0 Å². The van der Waals surface area contributed by atoms with Crippen LogP contribution in [-0.2, 0) is 16.1 Å². The number of carbonyl (C=O) groups is 1. The highest BCUT2D eigenvalue weighted by atomic mass is 16.7. The van der Waals surface area contributed by atoms with Gasteiger partial charge in [0.2, 0.25) is 0 Å². The maximum atomic E-state index is 12.9. The Morgan fingerprint density at radius 3 is 2.73 bits per heavy atom. The first kappa shape index (κ1) is 21.6. The highest BCUT2D eigenvalue weighted by Gasteiger charge is 2.44. The van der Waals surface area contributed by atoms with Gasteiger partial charge in [0.15, 0.2) is 11.5 Å². The summed E-state index contributed by atoms with van der Waals surface area (Å²) in [5.74, 6) is 0.338. The smallest absolute Gasteiger partial charge is 0.266 e. The summed E-state index contributed by atoms with van der Waals surface area (Å²) in [5, 5.41) is 12.5. The molecule has 1 amide bonds. The molecule has 1 saturated heterocycles. The van der Waals surface area contributed by atoms with E-state index < -0.39 is 11.7 Å². The Kier molecular flexibility index (Phi) is 5.63. The number of benzene rings is 1. The van der Waals surface area contributed by atoms with E-state index in [1.165, 1.54) is 0 Å². The molecule has 5 rings (SSSR count). The van der Waals surface area contributed by atoms with Crippen LogP contribution in [0.25, 0.3) is 6.08 Å². The predicted octanol–water partition coefficient (Wildman–Crippen LogP) is 4.87. The quantitative estimate of drug-likeness (QED) is 0.522. The van der Waals surface area contributed by atoms with Gasteiger partial charge in [0.25, 0.3) is 11.7 Å². The molecule has 1 atom stereocenters. The van der Waals surface area contributed by atoms with Crippen molar-refractivity contribution in [2.75, 3.05) is 11.9 Å². The van der Waals surface area contributed by atoms with Gasteiger partial charge in [-0.15, -0.1) is 0 Å². The fourth-order valence-electron chi connectivity index (χ4n) is 5.04. The minimum Gasteiger partial charge on any atom is -0.448 e. The van der Waals surface area contributed by atoms with Gasteiger partial charge in [0.1, 0.15) is 11.6 Å². The van der Waals surface area contributed by atoms with Crippen molar-refractivity contribution < 1.29 is 19.0 Å². The summed E-state index contributed by atoms with van der Waals surface area (Å²) in [6, 6.07) is 9.41. The van der Waals surface area contributed by atoms with E-state index in [2.05, 4.69) is 16.0 Å². The van der Waals surface area contributed by atoms with E-state index in [4.69, 9.17) is 14.2 Å². The Morgan fingerprint density at radius 1 is 1.21 bits per heavy atom. The lowest BCUT2D eigenvalue weighted by Crippen LogP contribution is -2.34. The highest BCUT2D eigenvalue weighted by molar-refractivity contribution is 6.09. The standard InChI is InChI=1S/C26H29N3O4/c1-17-12-19(18(2)29(17)16-22-6-5-11-31-22)13-20(15-27)25(30)28-21-7-8-23-24(14-21)33-26(32-23)9-3-4-10-26/h7-8,12-14,22H,3-6,9-11,16H2,1-2H3,(H,28,30)/b20-13+. The normalized spacial score (nSPS) is 20.9. The molecule has 3 aliphatic rings. The molecule has 0 bridgehead atoms. The Hall–Kier alpha value is -3.24. The van der Waals surface area contributed by atoms with E-state index in [9.17, 15) is 10.1 Å². The largest absolute Gasteiger partial charge is 0.448 e. The van der Waals surface area contributed by atoms with Gasteiger partial charge < -0.3 is 24.1 Å². The molecule has 2 aromatic rings. The molecule has 2 aliphatic heterocycles. The van der Waals surface area contributed by atoms with Crippen molar-refractivity contribution in [1.82, 2.24) is 4.57 Å². The lowest BCUT2D eigenvalue weighted by Gasteiger charge is -2.21. The number of hydrogen-bond donors (Lipinski definition) is 1. The number of carbonyl (C=O) groups excluding carboxylic acids is 1. The van der Waals surface area contributed by atoms with Crippen molar-refractivity contribution in [2.24, 2.45) is 0 Å². The zero-order chi connectivity index (χ0) is 23.0. The molecule has 7 nitrogen and oxygen atoms in total. The van der Waals surface area contributed by atoms with Crippen molar-refractivity contribution >= 4 is 17.7 Å². The molecule has 1 unspecified atom stereocenters. The SMILES string of the molecule is Cc1cc(/C=C(\C#N)C(=O)Nc2ccc3c(c2)OC2(CCCC2)O3)c(C)n1CC1CCCO1. The fourth-order valence-corrected chi connectivity index (χ4v) is 5.04. The number of nitrogens with zero attached hydrogens (tertiary/aromatic N) is 2. The predicted molar refractivity (Wildman–Crippen MR) is 124 cm³/mol. The molecule has 1 spiro atoms.